The van der Waals surface area contributed by atoms with Crippen molar-refractivity contribution in [2.75, 3.05) is 32.8 Å². The van der Waals surface area contributed by atoms with E-state index in [1.807, 2.05) is 6.92 Å². The van der Waals surface area contributed by atoms with Crippen LogP contribution in [0.1, 0.15) is 26.2 Å². The summed E-state index contributed by atoms with van der Waals surface area (Å²) >= 11 is 0. The third-order valence-electron chi connectivity index (χ3n) is 3.78. The van der Waals surface area contributed by atoms with Gasteiger partial charge in [-0.05, 0) is 18.8 Å². The van der Waals surface area contributed by atoms with Gasteiger partial charge in [0.2, 0.25) is 0 Å². The predicted octanol–water partition coefficient (Wildman–Crippen LogP) is 0.139. The van der Waals surface area contributed by atoms with E-state index in [9.17, 15) is 13.2 Å². The Morgan fingerprint density at radius 3 is 2.65 bits per heavy atom. The number of carboxylic acids is 1. The maximum atomic E-state index is 12.6. The van der Waals surface area contributed by atoms with E-state index < -0.39 is 22.3 Å². The number of carboxylic acid groups (broad SMARTS) is 1. The normalized spacial score (nSPS) is 30.2. The zero-order chi connectivity index (χ0) is 14.8. The standard InChI is InChI=1S/C12H22N2O5S/c1-10-3-2-4-13(8-10)20(17,18)14-5-6-19-11(9-14)7-12(15)16/h10-11H,2-9H2,1H3,(H,15,16). The topological polar surface area (TPSA) is 87.2 Å². The maximum Gasteiger partial charge on any atom is 0.306 e. The fourth-order valence-corrected chi connectivity index (χ4v) is 4.53. The van der Waals surface area contributed by atoms with Gasteiger partial charge in [0.15, 0.2) is 0 Å². The first-order valence-corrected chi connectivity index (χ1v) is 8.38. The highest BCUT2D eigenvalue weighted by Gasteiger charge is 2.36. The molecule has 8 heteroatoms. The molecule has 1 N–H and O–H groups in total. The lowest BCUT2D eigenvalue weighted by atomic mass is 10.0. The van der Waals surface area contributed by atoms with Crippen molar-refractivity contribution >= 4 is 16.2 Å². The van der Waals surface area contributed by atoms with Crippen LogP contribution in [-0.2, 0) is 19.7 Å². The molecule has 2 aliphatic heterocycles. The molecule has 0 saturated carbocycles. The summed E-state index contributed by atoms with van der Waals surface area (Å²) in [5.74, 6) is -0.602. The second-order valence-corrected chi connectivity index (χ2v) is 7.49. The molecule has 2 saturated heterocycles. The molecule has 0 aromatic carbocycles. The van der Waals surface area contributed by atoms with Gasteiger partial charge in [-0.1, -0.05) is 6.92 Å². The van der Waals surface area contributed by atoms with Crippen molar-refractivity contribution in [3.8, 4) is 0 Å². The summed E-state index contributed by atoms with van der Waals surface area (Å²) in [6.45, 7) is 3.81. The Balaban J connectivity index is 2.02. The molecule has 2 aliphatic rings. The smallest absolute Gasteiger partial charge is 0.306 e. The quantitative estimate of drug-likeness (QED) is 0.798. The Morgan fingerprint density at radius 1 is 1.30 bits per heavy atom. The van der Waals surface area contributed by atoms with Crippen molar-refractivity contribution in [2.24, 2.45) is 5.92 Å². The van der Waals surface area contributed by atoms with Gasteiger partial charge in [0.05, 0.1) is 19.1 Å². The Labute approximate surface area is 119 Å². The largest absolute Gasteiger partial charge is 0.481 e. The summed E-state index contributed by atoms with van der Waals surface area (Å²) in [6.07, 6.45) is 1.21. The zero-order valence-electron chi connectivity index (χ0n) is 11.7. The Morgan fingerprint density at radius 2 is 2.00 bits per heavy atom. The van der Waals surface area contributed by atoms with Crippen LogP contribution >= 0.6 is 0 Å². The first kappa shape index (κ1) is 15.7. The fraction of sp³-hybridized carbons (Fsp3) is 0.917. The van der Waals surface area contributed by atoms with E-state index >= 15 is 0 Å². The van der Waals surface area contributed by atoms with E-state index in [0.717, 1.165) is 12.8 Å². The molecule has 0 aromatic heterocycles. The van der Waals surface area contributed by atoms with Crippen molar-refractivity contribution in [1.82, 2.24) is 8.61 Å². The lowest BCUT2D eigenvalue weighted by Crippen LogP contribution is -2.53. The minimum Gasteiger partial charge on any atom is -0.481 e. The number of carbonyl (C=O) groups is 1. The van der Waals surface area contributed by atoms with Crippen molar-refractivity contribution in [2.45, 2.75) is 32.3 Å². The molecule has 0 bridgehead atoms. The van der Waals surface area contributed by atoms with Crippen molar-refractivity contribution in [3.63, 3.8) is 0 Å². The molecule has 0 amide bonds. The minimum absolute atomic E-state index is 0.125. The van der Waals surface area contributed by atoms with Gasteiger partial charge in [-0.2, -0.15) is 17.0 Å². The van der Waals surface area contributed by atoms with Crippen LogP contribution in [0.5, 0.6) is 0 Å². The van der Waals surface area contributed by atoms with Gasteiger partial charge in [-0.25, -0.2) is 0 Å². The number of hydrogen-bond donors (Lipinski definition) is 1. The second-order valence-electron chi connectivity index (χ2n) is 5.56. The summed E-state index contributed by atoms with van der Waals surface area (Å²) in [7, 11) is -3.49. The molecule has 2 heterocycles. The van der Waals surface area contributed by atoms with Crippen LogP contribution in [0.15, 0.2) is 0 Å². The zero-order valence-corrected chi connectivity index (χ0v) is 12.5. The molecule has 2 fully saturated rings. The van der Waals surface area contributed by atoms with Crippen molar-refractivity contribution in [3.05, 3.63) is 0 Å². The molecule has 7 nitrogen and oxygen atoms in total. The van der Waals surface area contributed by atoms with E-state index in [0.29, 0.717) is 25.6 Å². The minimum atomic E-state index is -3.49. The first-order valence-electron chi connectivity index (χ1n) is 6.98. The van der Waals surface area contributed by atoms with E-state index in [2.05, 4.69) is 0 Å². The first-order chi connectivity index (χ1) is 9.39. The van der Waals surface area contributed by atoms with Crippen molar-refractivity contribution < 1.29 is 23.1 Å². The van der Waals surface area contributed by atoms with Crippen LogP contribution in [0.4, 0.5) is 0 Å². The lowest BCUT2D eigenvalue weighted by Gasteiger charge is -2.37. The molecule has 0 radical (unpaired) electrons. The van der Waals surface area contributed by atoms with Gasteiger partial charge in [-0.15, -0.1) is 0 Å². The molecule has 2 atom stereocenters. The van der Waals surface area contributed by atoms with E-state index in [-0.39, 0.29) is 19.6 Å². The van der Waals surface area contributed by atoms with Crippen molar-refractivity contribution in [1.29, 1.82) is 0 Å². The number of nitrogens with zero attached hydrogens (tertiary/aromatic N) is 2. The number of piperidine rings is 1. The average molecular weight is 306 g/mol. The van der Waals surface area contributed by atoms with Gasteiger partial charge < -0.3 is 9.84 Å². The SMILES string of the molecule is CC1CCCN(S(=O)(=O)N2CCOC(CC(=O)O)C2)C1. The molecular weight excluding hydrogens is 284 g/mol. The molecule has 0 aliphatic carbocycles. The predicted molar refractivity (Wildman–Crippen MR) is 72.5 cm³/mol. The summed E-state index contributed by atoms with van der Waals surface area (Å²) in [4.78, 5) is 10.7. The summed E-state index contributed by atoms with van der Waals surface area (Å²) in [5.41, 5.74) is 0. The summed E-state index contributed by atoms with van der Waals surface area (Å²) in [6, 6.07) is 0. The average Bonchev–Trinajstić information content (AvgIpc) is 2.38. The molecule has 2 rings (SSSR count). The van der Waals surface area contributed by atoms with Crippen LogP contribution in [0.2, 0.25) is 0 Å². The third-order valence-corrected chi connectivity index (χ3v) is 5.74. The van der Waals surface area contributed by atoms with Crippen LogP contribution in [-0.4, -0.2) is 67.0 Å². The Bertz CT molecular complexity index is 453. The fourth-order valence-electron chi connectivity index (χ4n) is 2.74. The van der Waals surface area contributed by atoms with E-state index in [1.165, 1.54) is 8.61 Å². The maximum absolute atomic E-state index is 12.6. The molecule has 2 unspecified atom stereocenters. The van der Waals surface area contributed by atoms with Gasteiger partial charge in [0.1, 0.15) is 0 Å². The molecule has 116 valence electrons. The summed E-state index contributed by atoms with van der Waals surface area (Å²) < 4.78 is 33.3. The van der Waals surface area contributed by atoms with Gasteiger partial charge in [0, 0.05) is 26.2 Å². The molecule has 20 heavy (non-hydrogen) atoms. The number of rotatable bonds is 4. The highest BCUT2D eigenvalue weighted by molar-refractivity contribution is 7.86. The monoisotopic (exact) mass is 306 g/mol. The number of ether oxygens (including phenoxy) is 1. The number of aliphatic carboxylic acids is 1. The molecular formula is C12H22N2O5S. The van der Waals surface area contributed by atoms with Gasteiger partial charge in [0.25, 0.3) is 10.2 Å². The lowest BCUT2D eigenvalue weighted by molar-refractivity contribution is -0.141. The van der Waals surface area contributed by atoms with Crippen LogP contribution in [0.25, 0.3) is 0 Å². The summed E-state index contributed by atoms with van der Waals surface area (Å²) in [5, 5.41) is 8.78. The molecule has 0 spiro atoms. The van der Waals surface area contributed by atoms with E-state index in [1.54, 1.807) is 0 Å². The van der Waals surface area contributed by atoms with Crippen LogP contribution in [0, 0.1) is 5.92 Å². The Hall–Kier alpha value is -0.700. The Kier molecular flexibility index (Phi) is 5.00. The third kappa shape index (κ3) is 3.69. The van der Waals surface area contributed by atoms with Crippen LogP contribution < -0.4 is 0 Å². The number of hydrogen-bond acceptors (Lipinski definition) is 4. The molecule has 0 aromatic rings. The second kappa shape index (κ2) is 6.38. The highest BCUT2D eigenvalue weighted by atomic mass is 32.2. The highest BCUT2D eigenvalue weighted by Crippen LogP contribution is 2.22. The van der Waals surface area contributed by atoms with Gasteiger partial charge >= 0.3 is 5.97 Å². The van der Waals surface area contributed by atoms with Gasteiger partial charge in [-0.3, -0.25) is 4.79 Å². The van der Waals surface area contributed by atoms with E-state index in [4.69, 9.17) is 9.84 Å². The van der Waals surface area contributed by atoms with Crippen LogP contribution in [0.3, 0.4) is 0 Å². The number of morpholine rings is 1.